The molecule has 14 atom stereocenters. The molecule has 45 N–H and O–H groups in total. The summed E-state index contributed by atoms with van der Waals surface area (Å²) >= 11 is 0. The molecule has 0 aliphatic carbocycles. The van der Waals surface area contributed by atoms with Gasteiger partial charge in [-0.1, -0.05) is 88.3 Å². The van der Waals surface area contributed by atoms with Crippen molar-refractivity contribution in [2.75, 3.05) is 70.4 Å². The van der Waals surface area contributed by atoms with Crippen LogP contribution in [0.15, 0.2) is 91.0 Å². The van der Waals surface area contributed by atoms with Crippen LogP contribution in [0.5, 0.6) is 11.5 Å². The van der Waals surface area contributed by atoms with E-state index in [1.165, 1.54) is 48.5 Å². The van der Waals surface area contributed by atoms with Crippen LogP contribution in [0.3, 0.4) is 0 Å². The van der Waals surface area contributed by atoms with E-state index in [1.807, 2.05) is 6.07 Å². The predicted molar refractivity (Wildman–Crippen MR) is 541 cm³/mol. The van der Waals surface area contributed by atoms with Crippen molar-refractivity contribution in [2.24, 2.45) is 57.3 Å². The van der Waals surface area contributed by atoms with Crippen LogP contribution in [0.25, 0.3) is 10.8 Å². The number of fused-ring (bicyclic) bond motifs is 2. The highest BCUT2D eigenvalue weighted by Crippen LogP contribution is 2.27. The summed E-state index contributed by atoms with van der Waals surface area (Å²) in [5.41, 5.74) is 57.9. The molecule has 796 valence electrons. The SMILES string of the molecule is N=C(N)NCCC[C@H](NC(=O)[C@@H]1CSSC[C@H](NC(=O)[C@H](Cc2ccc3ccccc3c2)NC(=O)[C@H](CCCNC(=N)N)NC(=O)[C@@H](N)CCCNC(=N)N)C(=O)N[C@@H](Cc2ccc(O)cc2)C(=O)N[C@@H](CCCNC(N)=O)C(=O)NC(CCCCN)C(=O)N[C@H](CCCNC(N)=O)C(=O)N2CCC[C@H]2C(=O)N[C@@H](Cc2ccc(O)cc2)C(=O)N[C@@H](CCCNC(=N)N)C(=O)NC(CCCNC(N)=O)C(=O)N1)C(N)=O. The van der Waals surface area contributed by atoms with Gasteiger partial charge in [-0.25, -0.2) is 14.4 Å². The molecule has 2 aliphatic heterocycles. The maximum atomic E-state index is 16.0. The normalized spacial score (nSPS) is 20.0. The van der Waals surface area contributed by atoms with E-state index in [9.17, 15) is 34.2 Å². The minimum Gasteiger partial charge on any atom is -0.508 e. The van der Waals surface area contributed by atoms with E-state index in [4.69, 9.17) is 79.0 Å². The molecule has 6 rings (SSSR count). The second-order valence-corrected chi connectivity index (χ2v) is 37.2. The highest BCUT2D eigenvalue weighted by atomic mass is 33.1. The highest BCUT2D eigenvalue weighted by Gasteiger charge is 2.43. The molecule has 20 amide bonds. The fraction of sp³-hybridized carbons (Fsp3) is 0.522. The maximum Gasteiger partial charge on any atom is 0.312 e. The average Bonchev–Trinajstić information content (AvgIpc) is 1.75. The van der Waals surface area contributed by atoms with Crippen LogP contribution in [-0.4, -0.2) is 295 Å². The number of phenolic OH excluding ortho intramolecular Hbond substituents is 2. The van der Waals surface area contributed by atoms with Gasteiger partial charge in [-0.2, -0.15) is 0 Å². The molecule has 2 heterocycles. The molecule has 2 unspecified atom stereocenters. The van der Waals surface area contributed by atoms with Gasteiger partial charge in [0, 0.05) is 83.1 Å². The zero-order valence-electron chi connectivity index (χ0n) is 80.4. The van der Waals surface area contributed by atoms with E-state index in [-0.39, 0.29) is 210 Å². The molecule has 0 radical (unpaired) electrons. The lowest BCUT2D eigenvalue weighted by Gasteiger charge is -2.31. The molecule has 4 aromatic carbocycles. The number of phenols is 2. The van der Waals surface area contributed by atoms with Crippen molar-refractivity contribution in [1.29, 1.82) is 21.6 Å². The molecule has 4 aromatic rings. The second kappa shape index (κ2) is 63.0. The first kappa shape index (κ1) is 119. The number of hydrogen-bond donors (Lipinski definition) is 35. The van der Waals surface area contributed by atoms with Gasteiger partial charge < -0.3 is 173 Å². The van der Waals surface area contributed by atoms with Crippen LogP contribution in [-0.2, 0) is 86.4 Å². The Morgan fingerprint density at radius 2 is 0.793 bits per heavy atom. The monoisotopic (exact) mass is 2070 g/mol. The van der Waals surface area contributed by atoms with E-state index >= 15 is 57.5 Å². The Morgan fingerprint density at radius 1 is 0.400 bits per heavy atom. The van der Waals surface area contributed by atoms with Gasteiger partial charge in [0.05, 0.1) is 6.04 Å². The van der Waals surface area contributed by atoms with Crippen molar-refractivity contribution in [3.8, 4) is 11.5 Å². The smallest absolute Gasteiger partial charge is 0.312 e. The van der Waals surface area contributed by atoms with Crippen LogP contribution >= 0.6 is 21.6 Å². The molecule has 0 spiro atoms. The molecule has 2 aliphatic rings. The van der Waals surface area contributed by atoms with E-state index in [2.05, 4.69) is 101 Å². The molecule has 53 nitrogen and oxygen atoms in total. The van der Waals surface area contributed by atoms with E-state index in [0.29, 0.717) is 16.5 Å². The lowest BCUT2D eigenvalue weighted by atomic mass is 10.00. The van der Waals surface area contributed by atoms with Gasteiger partial charge in [-0.15, -0.1) is 0 Å². The van der Waals surface area contributed by atoms with Crippen molar-refractivity contribution >= 4 is 157 Å². The fourth-order valence-corrected chi connectivity index (χ4v) is 17.9. The topological polar surface area (TPSA) is 918 Å². The molecule has 2 fully saturated rings. The first-order valence-electron chi connectivity index (χ1n) is 47.5. The number of unbranched alkanes of at least 4 members (excludes halogenated alkanes) is 1. The number of aromatic hydroxyl groups is 2. The van der Waals surface area contributed by atoms with Gasteiger partial charge in [-0.05, 0) is 180 Å². The number of rotatable bonds is 47. The first-order valence-corrected chi connectivity index (χ1v) is 50.0. The quantitative estimate of drug-likeness (QED) is 0.00846. The van der Waals surface area contributed by atoms with Crippen LogP contribution in [0.2, 0.25) is 0 Å². The molecule has 2 saturated heterocycles. The number of benzene rings is 4. The number of carbonyl (C=O) groups excluding carboxylic acids is 17. The van der Waals surface area contributed by atoms with Gasteiger partial charge in [0.25, 0.3) is 0 Å². The highest BCUT2D eigenvalue weighted by molar-refractivity contribution is 8.76. The number of nitrogens with zero attached hydrogens (tertiary/aromatic N) is 1. The number of urea groups is 3. The Morgan fingerprint density at radius 3 is 1.26 bits per heavy atom. The fourth-order valence-electron chi connectivity index (χ4n) is 15.5. The van der Waals surface area contributed by atoms with Gasteiger partial charge >= 0.3 is 18.1 Å². The van der Waals surface area contributed by atoms with Crippen LogP contribution in [0.4, 0.5) is 14.4 Å². The Kier molecular flexibility index (Phi) is 51.5. The summed E-state index contributed by atoms with van der Waals surface area (Å²) < 4.78 is 0. The Bertz CT molecular complexity index is 5090. The Hall–Kier alpha value is -15.2. The summed E-state index contributed by atoms with van der Waals surface area (Å²) in [6, 6.07) is -2.89. The summed E-state index contributed by atoms with van der Waals surface area (Å²) in [6.07, 6.45) is -2.65. The summed E-state index contributed by atoms with van der Waals surface area (Å²) in [5.74, 6) is -17.8. The first-order chi connectivity index (χ1) is 69.1. The van der Waals surface area contributed by atoms with E-state index in [0.717, 1.165) is 31.9 Å². The van der Waals surface area contributed by atoms with Gasteiger partial charge in [0.2, 0.25) is 82.7 Å². The molecule has 0 aromatic heterocycles. The number of carbonyl (C=O) groups is 17. The lowest BCUT2D eigenvalue weighted by molar-refractivity contribution is -0.142. The van der Waals surface area contributed by atoms with Crippen molar-refractivity contribution in [3.63, 3.8) is 0 Å². The Balaban J connectivity index is 1.62. The molecular formula is C90H140N34O19S2. The van der Waals surface area contributed by atoms with Gasteiger partial charge in [-0.3, -0.25) is 88.8 Å². The second-order valence-electron chi connectivity index (χ2n) is 34.6. The van der Waals surface area contributed by atoms with E-state index in [1.54, 1.807) is 36.4 Å². The molecule has 0 bridgehead atoms. The van der Waals surface area contributed by atoms with Crippen molar-refractivity contribution in [3.05, 3.63) is 108 Å². The van der Waals surface area contributed by atoms with Gasteiger partial charge in [0.1, 0.15) is 90.0 Å². The number of hydrogen-bond acceptors (Lipinski definition) is 27. The molecule has 55 heteroatoms. The number of guanidine groups is 4. The lowest BCUT2D eigenvalue weighted by Crippen LogP contribution is -2.61. The minimum atomic E-state index is -1.92. The largest absolute Gasteiger partial charge is 0.508 e. The zero-order valence-corrected chi connectivity index (χ0v) is 82.1. The van der Waals surface area contributed by atoms with Crippen molar-refractivity contribution < 1.29 is 91.7 Å². The maximum absolute atomic E-state index is 16.0. The number of amides is 20. The molecule has 145 heavy (non-hydrogen) atoms. The van der Waals surface area contributed by atoms with Crippen molar-refractivity contribution in [2.45, 2.75) is 226 Å². The zero-order chi connectivity index (χ0) is 107. The summed E-state index contributed by atoms with van der Waals surface area (Å²) in [5, 5.41) is 103. The van der Waals surface area contributed by atoms with E-state index < -0.39 is 228 Å². The summed E-state index contributed by atoms with van der Waals surface area (Å²) in [4.78, 5) is 250. The molecule has 0 saturated carbocycles. The summed E-state index contributed by atoms with van der Waals surface area (Å²) in [6.45, 7) is -0.588. The van der Waals surface area contributed by atoms with Crippen molar-refractivity contribution in [1.82, 2.24) is 106 Å². The standard InChI is InChI=1S/C90H140N34O19S2/c91-34-4-3-16-58-74(131)118-63(22-11-41-111-90(104)143)83(140)124-42-12-23-69(124)82(139)121-65(45-50-27-32-55(126)33-28-50)78(135)117-60(19-8-38-108-87(100)101)73(130)115-62(21-10-40-110-89(103)142)76(133)122-67(80(137)112-57(70(93)127)17-6-36-106-85(96)97)47-144-145-48-68(81(138)120-64(44-49-25-30-54(125)31-26-49)77(134)116-61(72(129)114-58)20-9-39-109-88(102)141)123-79(136)66(46-51-24-29-52-13-1-2-14-53(52)43-51)119-75(132)59(18-7-37-107-86(98)99)113-71(128)56(92)15-5-35-105-84(94)95/h1-2,13-14,24-33,43,56-69,125-126H,3-12,15-23,34-42,44-48,91-92H2,(H2,93,127)(H,112,137)(H,113,128)(H,114,129)(H,115,130)(H,116,134)(H,117,135)(H,118,131)(H,119,132)(H,120,138)(H,121,139)(H,122,133)(H,123,136)(H4,94,95,105)(H4,96,97,106)(H4,98,99,107)(H4,100,101,108)(H3,102,109,141)(H3,103,110,142)(H3,104,111,143)/t56-,57-,58?,59-,60-,61-,62?,63+,64-,65-,66-,67-,68-,69-/m0/s1. The van der Waals surface area contributed by atoms with Crippen LogP contribution in [0.1, 0.15) is 139 Å². The Labute approximate surface area is 844 Å². The average molecular weight is 2070 g/mol. The van der Waals surface area contributed by atoms with Crippen LogP contribution in [0, 0.1) is 21.6 Å². The predicted octanol–water partition coefficient (Wildman–Crippen LogP) is -7.18. The number of primary amides is 4. The molecular weight excluding hydrogens is 1930 g/mol. The van der Waals surface area contributed by atoms with Crippen LogP contribution < -0.4 is 158 Å². The third-order valence-corrected chi connectivity index (χ3v) is 25.6. The number of nitrogens with two attached hydrogens (primary N) is 10. The summed E-state index contributed by atoms with van der Waals surface area (Å²) in [7, 11) is 1.48. The number of nitrogens with one attached hydrogen (secondary N) is 23. The minimum absolute atomic E-state index is 0.00412. The third-order valence-electron chi connectivity index (χ3n) is 23.2. The van der Waals surface area contributed by atoms with Gasteiger partial charge in [0.15, 0.2) is 23.8 Å². The third kappa shape index (κ3) is 44.5.